The largest absolute Gasteiger partial charge is 0.496 e. The molecule has 3 rings (SSSR count). The Balaban J connectivity index is 2.18. The molecule has 1 heterocycles. The molecule has 0 atom stereocenters. The van der Waals surface area contributed by atoms with Crippen LogP contribution in [0.1, 0.15) is 5.56 Å². The van der Waals surface area contributed by atoms with Gasteiger partial charge < -0.3 is 9.72 Å². The van der Waals surface area contributed by atoms with Crippen LogP contribution in [0.4, 0.5) is 0 Å². The lowest BCUT2D eigenvalue weighted by molar-refractivity contribution is 0.416. The molecule has 96 valence electrons. The summed E-state index contributed by atoms with van der Waals surface area (Å²) in [6.45, 7) is 2.06. The first-order valence-electron chi connectivity index (χ1n) is 5.97. The first-order chi connectivity index (χ1) is 9.17. The quantitative estimate of drug-likeness (QED) is 0.759. The highest BCUT2D eigenvalue weighted by molar-refractivity contribution is 6.30. The summed E-state index contributed by atoms with van der Waals surface area (Å²) in [5.74, 6) is 1.50. The maximum absolute atomic E-state index is 5.97. The highest BCUT2D eigenvalue weighted by atomic mass is 35.5. The summed E-state index contributed by atoms with van der Waals surface area (Å²) in [5, 5.41) is 0.646. The van der Waals surface area contributed by atoms with Crippen molar-refractivity contribution in [2.24, 2.45) is 0 Å². The molecule has 0 amide bonds. The van der Waals surface area contributed by atoms with Crippen molar-refractivity contribution in [2.45, 2.75) is 6.92 Å². The first-order valence-corrected chi connectivity index (χ1v) is 6.35. The molecule has 0 aliphatic carbocycles. The molecule has 0 aliphatic rings. The topological polar surface area (TPSA) is 37.9 Å². The predicted molar refractivity (Wildman–Crippen MR) is 77.8 cm³/mol. The smallest absolute Gasteiger partial charge is 0.142 e. The van der Waals surface area contributed by atoms with E-state index in [4.69, 9.17) is 16.3 Å². The van der Waals surface area contributed by atoms with E-state index in [1.165, 1.54) is 5.56 Å². The Morgan fingerprint density at radius 2 is 2.00 bits per heavy atom. The third-order valence-corrected chi connectivity index (χ3v) is 3.29. The van der Waals surface area contributed by atoms with Gasteiger partial charge in [0.15, 0.2) is 0 Å². The maximum atomic E-state index is 5.97. The van der Waals surface area contributed by atoms with Crippen LogP contribution in [0.25, 0.3) is 22.4 Å². The normalized spacial score (nSPS) is 10.9. The lowest BCUT2D eigenvalue weighted by Gasteiger charge is -2.06. The SMILES string of the molecule is COc1cc(Cl)ccc1-c1nc2ccc(C)cc2[nH]1. The van der Waals surface area contributed by atoms with Crippen molar-refractivity contribution >= 4 is 22.6 Å². The minimum atomic E-state index is 0.646. The summed E-state index contributed by atoms with van der Waals surface area (Å²) in [6.07, 6.45) is 0. The highest BCUT2D eigenvalue weighted by Gasteiger charge is 2.11. The number of H-pyrrole nitrogens is 1. The molecule has 0 aliphatic heterocycles. The third-order valence-electron chi connectivity index (χ3n) is 3.06. The monoisotopic (exact) mass is 272 g/mol. The van der Waals surface area contributed by atoms with Crippen molar-refractivity contribution in [3.05, 3.63) is 47.0 Å². The van der Waals surface area contributed by atoms with Crippen molar-refractivity contribution in [3.8, 4) is 17.1 Å². The Labute approximate surface area is 116 Å². The van der Waals surface area contributed by atoms with Crippen LogP contribution in [0, 0.1) is 6.92 Å². The van der Waals surface area contributed by atoms with Crippen LogP contribution in [0.15, 0.2) is 36.4 Å². The summed E-state index contributed by atoms with van der Waals surface area (Å²) < 4.78 is 5.36. The Bertz CT molecular complexity index is 749. The van der Waals surface area contributed by atoms with E-state index < -0.39 is 0 Å². The van der Waals surface area contributed by atoms with E-state index in [9.17, 15) is 0 Å². The number of hydrogen-bond acceptors (Lipinski definition) is 2. The standard InChI is InChI=1S/C15H13ClN2O/c1-9-3-6-12-13(7-9)18-15(17-12)11-5-4-10(16)8-14(11)19-2/h3-8H,1-2H3,(H,17,18). The van der Waals surface area contributed by atoms with Gasteiger partial charge in [-0.15, -0.1) is 0 Å². The zero-order chi connectivity index (χ0) is 13.4. The molecule has 2 aromatic carbocycles. The van der Waals surface area contributed by atoms with E-state index in [0.717, 1.165) is 22.4 Å². The van der Waals surface area contributed by atoms with Crippen molar-refractivity contribution in [1.82, 2.24) is 9.97 Å². The molecule has 0 radical (unpaired) electrons. The second-order valence-electron chi connectivity index (χ2n) is 4.45. The van der Waals surface area contributed by atoms with E-state index in [1.807, 2.05) is 24.3 Å². The van der Waals surface area contributed by atoms with Gasteiger partial charge in [-0.05, 0) is 42.8 Å². The van der Waals surface area contributed by atoms with E-state index in [1.54, 1.807) is 13.2 Å². The number of fused-ring (bicyclic) bond motifs is 1. The van der Waals surface area contributed by atoms with Crippen LogP contribution in [-0.2, 0) is 0 Å². The highest BCUT2D eigenvalue weighted by Crippen LogP contribution is 2.31. The molecular weight excluding hydrogens is 260 g/mol. The number of aryl methyl sites for hydroxylation is 1. The van der Waals surface area contributed by atoms with Crippen molar-refractivity contribution in [2.75, 3.05) is 7.11 Å². The number of aromatic amines is 1. The molecule has 1 aromatic heterocycles. The number of hydrogen-bond donors (Lipinski definition) is 1. The summed E-state index contributed by atoms with van der Waals surface area (Å²) in [4.78, 5) is 7.90. The molecule has 0 saturated carbocycles. The van der Waals surface area contributed by atoms with E-state index >= 15 is 0 Å². The van der Waals surface area contributed by atoms with Gasteiger partial charge in [0.1, 0.15) is 11.6 Å². The van der Waals surface area contributed by atoms with Crippen LogP contribution in [0.5, 0.6) is 5.75 Å². The fourth-order valence-electron chi connectivity index (χ4n) is 2.11. The van der Waals surface area contributed by atoms with Crippen LogP contribution in [0.3, 0.4) is 0 Å². The number of ether oxygens (including phenoxy) is 1. The van der Waals surface area contributed by atoms with Crippen LogP contribution < -0.4 is 4.74 Å². The predicted octanol–water partition coefficient (Wildman–Crippen LogP) is 4.20. The van der Waals surface area contributed by atoms with E-state index in [-0.39, 0.29) is 0 Å². The molecule has 3 aromatic rings. The van der Waals surface area contributed by atoms with Gasteiger partial charge in [-0.25, -0.2) is 4.98 Å². The number of rotatable bonds is 2. The van der Waals surface area contributed by atoms with Gasteiger partial charge >= 0.3 is 0 Å². The molecule has 3 nitrogen and oxygen atoms in total. The number of nitrogens with one attached hydrogen (secondary N) is 1. The molecular formula is C15H13ClN2O. The van der Waals surface area contributed by atoms with Crippen molar-refractivity contribution < 1.29 is 4.74 Å². The second kappa shape index (κ2) is 4.59. The maximum Gasteiger partial charge on any atom is 0.142 e. The number of imidazole rings is 1. The minimum absolute atomic E-state index is 0.646. The van der Waals surface area contributed by atoms with Gasteiger partial charge in [-0.3, -0.25) is 0 Å². The number of nitrogens with zero attached hydrogens (tertiary/aromatic N) is 1. The minimum Gasteiger partial charge on any atom is -0.496 e. The molecule has 0 unspecified atom stereocenters. The van der Waals surface area contributed by atoms with Crippen LogP contribution in [-0.4, -0.2) is 17.1 Å². The molecule has 0 saturated heterocycles. The number of aromatic nitrogens is 2. The molecule has 0 fully saturated rings. The van der Waals surface area contributed by atoms with Gasteiger partial charge in [0.05, 0.1) is 23.7 Å². The number of methoxy groups -OCH3 is 1. The van der Waals surface area contributed by atoms with Crippen molar-refractivity contribution in [3.63, 3.8) is 0 Å². The van der Waals surface area contributed by atoms with Gasteiger partial charge in [0.25, 0.3) is 0 Å². The average molecular weight is 273 g/mol. The number of benzene rings is 2. The second-order valence-corrected chi connectivity index (χ2v) is 4.89. The summed E-state index contributed by atoms with van der Waals surface area (Å²) in [7, 11) is 1.63. The summed E-state index contributed by atoms with van der Waals surface area (Å²) in [5.41, 5.74) is 4.07. The summed E-state index contributed by atoms with van der Waals surface area (Å²) >= 11 is 5.97. The average Bonchev–Trinajstić information content (AvgIpc) is 2.81. The Kier molecular flexibility index (Phi) is 2.91. The van der Waals surface area contributed by atoms with Gasteiger partial charge in [0.2, 0.25) is 0 Å². The summed E-state index contributed by atoms with van der Waals surface area (Å²) in [6, 6.07) is 11.7. The van der Waals surface area contributed by atoms with Gasteiger partial charge in [0, 0.05) is 5.02 Å². The van der Waals surface area contributed by atoms with E-state index in [0.29, 0.717) is 10.8 Å². The zero-order valence-corrected chi connectivity index (χ0v) is 11.5. The lowest BCUT2D eigenvalue weighted by atomic mass is 10.2. The molecule has 19 heavy (non-hydrogen) atoms. The van der Waals surface area contributed by atoms with Gasteiger partial charge in [-0.2, -0.15) is 0 Å². The zero-order valence-electron chi connectivity index (χ0n) is 10.7. The molecule has 0 bridgehead atoms. The lowest BCUT2D eigenvalue weighted by Crippen LogP contribution is -1.89. The molecule has 0 spiro atoms. The van der Waals surface area contributed by atoms with Crippen LogP contribution in [0.2, 0.25) is 5.02 Å². The number of halogens is 1. The fourth-order valence-corrected chi connectivity index (χ4v) is 2.27. The first kappa shape index (κ1) is 12.1. The Morgan fingerprint density at radius 1 is 1.16 bits per heavy atom. The van der Waals surface area contributed by atoms with Gasteiger partial charge in [-0.1, -0.05) is 17.7 Å². The Hall–Kier alpha value is -2.00. The van der Waals surface area contributed by atoms with Crippen LogP contribution >= 0.6 is 11.6 Å². The molecule has 1 N–H and O–H groups in total. The van der Waals surface area contributed by atoms with Crippen molar-refractivity contribution in [1.29, 1.82) is 0 Å². The third kappa shape index (κ3) is 2.17. The molecule has 4 heteroatoms. The van der Waals surface area contributed by atoms with E-state index in [2.05, 4.69) is 23.0 Å². The fraction of sp³-hybridized carbons (Fsp3) is 0.133. The Morgan fingerprint density at radius 3 is 2.79 bits per heavy atom.